The number of halogens is 3. The van der Waals surface area contributed by atoms with Crippen LogP contribution in [0.4, 0.5) is 18.9 Å². The third kappa shape index (κ3) is 7.88. The largest absolute Gasteiger partial charge is 0.418 e. The summed E-state index contributed by atoms with van der Waals surface area (Å²) in [6.07, 6.45) is 1.19. The summed E-state index contributed by atoms with van der Waals surface area (Å²) in [6, 6.07) is 4.97. The van der Waals surface area contributed by atoms with Gasteiger partial charge in [0.05, 0.1) is 17.8 Å². The molecule has 2 saturated heterocycles. The van der Waals surface area contributed by atoms with E-state index in [2.05, 4.69) is 5.32 Å². The smallest absolute Gasteiger partial charge is 0.341 e. The molecule has 2 amide bonds. The topological polar surface area (TPSA) is 52.7 Å². The van der Waals surface area contributed by atoms with Gasteiger partial charge in [-0.15, -0.1) is 0 Å². The summed E-state index contributed by atoms with van der Waals surface area (Å²) in [5, 5.41) is 3.12. The molecule has 32 heavy (non-hydrogen) atoms. The molecule has 2 heterocycles. The normalized spacial score (nSPS) is 20.2. The molecule has 5 nitrogen and oxygen atoms in total. The highest BCUT2D eigenvalue weighted by atomic mass is 33.1. The Hall–Kier alpha value is -1.39. The Morgan fingerprint density at radius 3 is 2.66 bits per heavy atom. The molecule has 3 rings (SSSR count). The van der Waals surface area contributed by atoms with Gasteiger partial charge in [-0.25, -0.2) is 0 Å². The predicted molar refractivity (Wildman–Crippen MR) is 125 cm³/mol. The van der Waals surface area contributed by atoms with Gasteiger partial charge in [0.1, 0.15) is 0 Å². The van der Waals surface area contributed by atoms with E-state index in [4.69, 9.17) is 0 Å². The minimum absolute atomic E-state index is 0.00525. The molecule has 0 radical (unpaired) electrons. The van der Waals surface area contributed by atoms with Crippen molar-refractivity contribution in [2.45, 2.75) is 50.0 Å². The fourth-order valence-electron chi connectivity index (χ4n) is 3.98. The summed E-state index contributed by atoms with van der Waals surface area (Å²) < 4.78 is 39.4. The SMILES string of the molecule is O=C(CN1CCCN(C(=O)CCCCC2CCSS2)CC1)Nc1ccccc1C(F)(F)F. The maximum absolute atomic E-state index is 13.1. The minimum Gasteiger partial charge on any atom is -0.341 e. The molecular formula is C22H30F3N3O2S2. The van der Waals surface area contributed by atoms with Gasteiger partial charge in [-0.1, -0.05) is 40.1 Å². The van der Waals surface area contributed by atoms with Crippen LogP contribution < -0.4 is 5.32 Å². The summed E-state index contributed by atoms with van der Waals surface area (Å²) >= 11 is 0. The minimum atomic E-state index is -4.53. The van der Waals surface area contributed by atoms with Gasteiger partial charge >= 0.3 is 6.18 Å². The Morgan fingerprint density at radius 1 is 1.09 bits per heavy atom. The fraction of sp³-hybridized carbons (Fsp3) is 0.636. The lowest BCUT2D eigenvalue weighted by molar-refractivity contribution is -0.137. The van der Waals surface area contributed by atoms with Crippen molar-refractivity contribution in [2.24, 2.45) is 0 Å². The first kappa shape index (κ1) is 25.2. The van der Waals surface area contributed by atoms with E-state index < -0.39 is 17.6 Å². The highest BCUT2D eigenvalue weighted by molar-refractivity contribution is 8.77. The molecule has 0 aromatic heterocycles. The van der Waals surface area contributed by atoms with Crippen LogP contribution in [0, 0.1) is 0 Å². The number of carbonyl (C=O) groups excluding carboxylic acids is 2. The molecule has 10 heteroatoms. The summed E-state index contributed by atoms with van der Waals surface area (Å²) in [7, 11) is 3.90. The summed E-state index contributed by atoms with van der Waals surface area (Å²) in [5.41, 5.74) is -1.09. The number of benzene rings is 1. The van der Waals surface area contributed by atoms with E-state index in [1.165, 1.54) is 36.8 Å². The Labute approximate surface area is 195 Å². The van der Waals surface area contributed by atoms with Crippen molar-refractivity contribution < 1.29 is 22.8 Å². The molecule has 1 N–H and O–H groups in total. The summed E-state index contributed by atoms with van der Waals surface area (Å²) in [5.74, 6) is 0.902. The van der Waals surface area contributed by atoms with E-state index in [0.717, 1.165) is 30.6 Å². The zero-order valence-electron chi connectivity index (χ0n) is 18.0. The van der Waals surface area contributed by atoms with E-state index >= 15 is 0 Å². The van der Waals surface area contributed by atoms with E-state index in [-0.39, 0.29) is 18.1 Å². The van der Waals surface area contributed by atoms with Crippen LogP contribution in [-0.2, 0) is 15.8 Å². The number of alkyl halides is 3. The van der Waals surface area contributed by atoms with Gasteiger partial charge in [0.2, 0.25) is 11.8 Å². The molecule has 1 unspecified atom stereocenters. The summed E-state index contributed by atoms with van der Waals surface area (Å²) in [6.45, 7) is 2.37. The average Bonchev–Trinajstić information content (AvgIpc) is 3.15. The first-order chi connectivity index (χ1) is 15.3. The molecule has 178 valence electrons. The Morgan fingerprint density at radius 2 is 1.91 bits per heavy atom. The summed E-state index contributed by atoms with van der Waals surface area (Å²) in [4.78, 5) is 28.7. The molecule has 0 bridgehead atoms. The first-order valence-electron chi connectivity index (χ1n) is 11.1. The number of amides is 2. The number of unbranched alkanes of at least 4 members (excludes halogenated alkanes) is 1. The van der Waals surface area contributed by atoms with Crippen LogP contribution in [-0.4, -0.2) is 65.3 Å². The number of para-hydroxylation sites is 1. The van der Waals surface area contributed by atoms with Crippen molar-refractivity contribution in [1.29, 1.82) is 0 Å². The molecule has 1 atom stereocenters. The van der Waals surface area contributed by atoms with Crippen LogP contribution in [0.25, 0.3) is 0 Å². The highest BCUT2D eigenvalue weighted by Gasteiger charge is 2.33. The van der Waals surface area contributed by atoms with Gasteiger partial charge in [0, 0.05) is 43.6 Å². The molecule has 2 fully saturated rings. The fourth-order valence-corrected chi connectivity index (χ4v) is 7.01. The third-order valence-corrected chi connectivity index (χ3v) is 8.72. The van der Waals surface area contributed by atoms with E-state index in [0.29, 0.717) is 32.6 Å². The van der Waals surface area contributed by atoms with Crippen LogP contribution in [0.1, 0.15) is 44.1 Å². The van der Waals surface area contributed by atoms with E-state index in [9.17, 15) is 22.8 Å². The van der Waals surface area contributed by atoms with Crippen LogP contribution in [0.5, 0.6) is 0 Å². The van der Waals surface area contributed by atoms with Crippen molar-refractivity contribution in [3.05, 3.63) is 29.8 Å². The standard InChI is InChI=1S/C22H30F3N3O2S2/c23-22(24,25)18-7-2-3-8-19(18)26-20(29)16-27-11-5-12-28(14-13-27)21(30)9-4-1-6-17-10-15-31-32-17/h2-3,7-8,17H,1,4-6,9-16H2,(H,26,29). The maximum Gasteiger partial charge on any atom is 0.418 e. The van der Waals surface area contributed by atoms with Crippen molar-refractivity contribution in [3.63, 3.8) is 0 Å². The second kappa shape index (κ2) is 12.2. The second-order valence-electron chi connectivity index (χ2n) is 8.18. The molecule has 2 aliphatic heterocycles. The van der Waals surface area contributed by atoms with Crippen LogP contribution >= 0.6 is 21.6 Å². The van der Waals surface area contributed by atoms with E-state index in [1.54, 1.807) is 0 Å². The lowest BCUT2D eigenvalue weighted by atomic mass is 10.1. The first-order valence-corrected chi connectivity index (χ1v) is 13.5. The Bertz CT molecular complexity index is 773. The number of anilines is 1. The van der Waals surface area contributed by atoms with Gasteiger partial charge in [0.25, 0.3) is 0 Å². The van der Waals surface area contributed by atoms with Crippen molar-refractivity contribution in [1.82, 2.24) is 9.80 Å². The molecular weight excluding hydrogens is 459 g/mol. The Balaban J connectivity index is 1.40. The van der Waals surface area contributed by atoms with Crippen LogP contribution in [0.15, 0.2) is 24.3 Å². The van der Waals surface area contributed by atoms with Gasteiger partial charge < -0.3 is 10.2 Å². The van der Waals surface area contributed by atoms with Crippen molar-refractivity contribution >= 4 is 39.1 Å². The molecule has 2 aliphatic rings. The molecule has 0 aliphatic carbocycles. The zero-order valence-corrected chi connectivity index (χ0v) is 19.7. The maximum atomic E-state index is 13.1. The number of nitrogens with one attached hydrogen (secondary N) is 1. The quantitative estimate of drug-likeness (QED) is 0.416. The molecule has 0 saturated carbocycles. The van der Waals surface area contributed by atoms with E-state index in [1.807, 2.05) is 31.4 Å². The van der Waals surface area contributed by atoms with Crippen molar-refractivity contribution in [2.75, 3.05) is 43.8 Å². The predicted octanol–water partition coefficient (Wildman–Crippen LogP) is 4.89. The lowest BCUT2D eigenvalue weighted by Gasteiger charge is -2.22. The van der Waals surface area contributed by atoms with Gasteiger partial charge in [-0.3, -0.25) is 14.5 Å². The van der Waals surface area contributed by atoms with Gasteiger partial charge in [-0.2, -0.15) is 13.2 Å². The molecule has 1 aromatic carbocycles. The number of hydrogen-bond acceptors (Lipinski definition) is 5. The zero-order chi connectivity index (χ0) is 23.0. The second-order valence-corrected chi connectivity index (χ2v) is 11.0. The number of carbonyl (C=O) groups is 2. The Kier molecular flexibility index (Phi) is 9.61. The lowest BCUT2D eigenvalue weighted by Crippen LogP contribution is -2.38. The monoisotopic (exact) mass is 489 g/mol. The van der Waals surface area contributed by atoms with Gasteiger partial charge in [0.15, 0.2) is 0 Å². The molecule has 0 spiro atoms. The number of nitrogens with zero attached hydrogens (tertiary/aromatic N) is 2. The van der Waals surface area contributed by atoms with Crippen LogP contribution in [0.2, 0.25) is 0 Å². The average molecular weight is 490 g/mol. The van der Waals surface area contributed by atoms with Crippen molar-refractivity contribution in [3.8, 4) is 0 Å². The number of hydrogen-bond donors (Lipinski definition) is 1. The van der Waals surface area contributed by atoms with Gasteiger partial charge in [-0.05, 0) is 37.8 Å². The van der Waals surface area contributed by atoms with Crippen LogP contribution in [0.3, 0.4) is 0 Å². The molecule has 1 aromatic rings. The highest BCUT2D eigenvalue weighted by Crippen LogP contribution is 2.40. The number of rotatable bonds is 8. The third-order valence-electron chi connectivity index (χ3n) is 5.71.